The van der Waals surface area contributed by atoms with Crippen LogP contribution in [0.4, 0.5) is 0 Å². The van der Waals surface area contributed by atoms with Crippen molar-refractivity contribution in [1.82, 2.24) is 4.98 Å². The van der Waals surface area contributed by atoms with Gasteiger partial charge in [0.25, 0.3) is 0 Å². The van der Waals surface area contributed by atoms with E-state index in [4.69, 9.17) is 8.22 Å². The molecule has 1 aromatic carbocycles. The van der Waals surface area contributed by atoms with Gasteiger partial charge in [-0.2, -0.15) is 0 Å². The van der Waals surface area contributed by atoms with Gasteiger partial charge in [0.05, 0.1) is 20.6 Å². The number of hydrogen-bond donors (Lipinski definition) is 0. The van der Waals surface area contributed by atoms with Gasteiger partial charge in [-0.1, -0.05) is 63.7 Å². The van der Waals surface area contributed by atoms with Gasteiger partial charge in [0.2, 0.25) is 0 Å². The highest BCUT2D eigenvalue weighted by Gasteiger charge is 2.22. The second-order valence-corrected chi connectivity index (χ2v) is 10.9. The Labute approximate surface area is 126 Å². The molecule has 0 saturated carbocycles. The Morgan fingerprint density at radius 3 is 2.32 bits per heavy atom. The summed E-state index contributed by atoms with van der Waals surface area (Å²) in [5.74, 6) is -1.07. The molecule has 19 heavy (non-hydrogen) atoms. The molecule has 1 nitrogen and oxygen atoms in total. The van der Waals surface area contributed by atoms with Crippen molar-refractivity contribution >= 4 is 13.3 Å². The third-order valence-corrected chi connectivity index (χ3v) is 4.76. The van der Waals surface area contributed by atoms with Gasteiger partial charge in [0.1, 0.15) is 0 Å². The first-order chi connectivity index (χ1) is 11.2. The van der Waals surface area contributed by atoms with Crippen molar-refractivity contribution in [2.75, 3.05) is 0 Å². The zero-order valence-corrected chi connectivity index (χ0v) is 13.1. The molecule has 0 bridgehead atoms. The van der Waals surface area contributed by atoms with E-state index >= 15 is 0 Å². The van der Waals surface area contributed by atoms with Crippen molar-refractivity contribution in [3.8, 4) is 11.3 Å². The molecule has 0 fully saturated rings. The monoisotopic (exact) mass is 275 g/mol. The molecule has 0 aliphatic carbocycles. The topological polar surface area (TPSA) is 12.9 Å². The lowest BCUT2D eigenvalue weighted by molar-refractivity contribution is 0.870. The van der Waals surface area contributed by atoms with Crippen molar-refractivity contribution < 1.29 is 8.22 Å². The largest absolute Gasteiger partial charge is 0.256 e. The van der Waals surface area contributed by atoms with Crippen LogP contribution in [0.3, 0.4) is 0 Å². The molecule has 0 N–H and O–H groups in total. The maximum Gasteiger partial charge on any atom is 0.0839 e. The van der Waals surface area contributed by atoms with E-state index in [-0.39, 0.29) is 36.0 Å². The summed E-state index contributed by atoms with van der Waals surface area (Å²) in [7, 11) is -2.01. The Morgan fingerprint density at radius 1 is 1.16 bits per heavy atom. The van der Waals surface area contributed by atoms with Crippen molar-refractivity contribution in [3.63, 3.8) is 0 Å². The van der Waals surface area contributed by atoms with Gasteiger partial charge in [-0.05, 0) is 22.7 Å². The fourth-order valence-electron chi connectivity index (χ4n) is 1.88. The van der Waals surface area contributed by atoms with Gasteiger partial charge in [-0.3, -0.25) is 4.98 Å². The molecule has 2 heteroatoms. The fourth-order valence-corrected chi connectivity index (χ4v) is 3.33. The summed E-state index contributed by atoms with van der Waals surface area (Å²) in [6, 6.07) is 2.46. The van der Waals surface area contributed by atoms with Crippen LogP contribution in [-0.2, 0) is 0 Å². The number of hydrogen-bond acceptors (Lipinski definition) is 1. The Balaban J connectivity index is 2.90. The number of benzene rings is 1. The number of aromatic nitrogens is 1. The van der Waals surface area contributed by atoms with Crippen molar-refractivity contribution in [2.45, 2.75) is 39.4 Å². The number of pyridine rings is 1. The average Bonchev–Trinajstić information content (AvgIpc) is 2.43. The highest BCUT2D eigenvalue weighted by Crippen LogP contribution is 2.22. The molecule has 0 radical (unpaired) electrons. The average molecular weight is 276 g/mol. The molecule has 1 heterocycles. The van der Waals surface area contributed by atoms with E-state index in [1.165, 1.54) is 12.1 Å². The van der Waals surface area contributed by atoms with Crippen LogP contribution in [-0.4, -0.2) is 13.1 Å². The Bertz CT molecular complexity index is 813. The van der Waals surface area contributed by atoms with Gasteiger partial charge in [-0.25, -0.2) is 0 Å². The second-order valence-electron chi connectivity index (χ2n) is 5.85. The zero-order chi connectivity index (χ0) is 19.3. The smallest absolute Gasteiger partial charge is 0.0839 e. The Hall–Kier alpha value is -1.41. The molecule has 0 atom stereocenters. The predicted molar refractivity (Wildman–Crippen MR) is 86.7 cm³/mol. The van der Waals surface area contributed by atoms with Crippen molar-refractivity contribution in [2.24, 2.45) is 0 Å². The molecule has 0 spiro atoms. The summed E-state index contributed by atoms with van der Waals surface area (Å²) in [5, 5.41) is 0.704. The van der Waals surface area contributed by atoms with E-state index in [2.05, 4.69) is 24.6 Å². The third kappa shape index (κ3) is 3.13. The van der Waals surface area contributed by atoms with Crippen LogP contribution in [0.1, 0.15) is 33.5 Å². The van der Waals surface area contributed by atoms with Crippen molar-refractivity contribution in [3.05, 3.63) is 48.0 Å². The molecule has 0 amide bonds. The quantitative estimate of drug-likeness (QED) is 0.756. The van der Waals surface area contributed by atoms with Crippen LogP contribution in [0.2, 0.25) is 19.6 Å². The van der Waals surface area contributed by atoms with Crippen LogP contribution >= 0.6 is 0 Å². The minimum Gasteiger partial charge on any atom is -0.256 e. The van der Waals surface area contributed by atoms with E-state index in [9.17, 15) is 0 Å². The number of rotatable bonds is 3. The minimum atomic E-state index is -2.01. The molecule has 0 aliphatic rings. The third-order valence-electron chi connectivity index (χ3n) is 2.90. The Morgan fingerprint density at radius 2 is 1.79 bits per heavy atom. The minimum absolute atomic E-state index is 0.0634. The molecule has 2 aromatic rings. The first-order valence-electron chi connectivity index (χ1n) is 9.35. The number of nitrogens with zero attached hydrogens (tertiary/aromatic N) is 1. The SMILES string of the molecule is [2H]c1cc(-c2nc([2H])c([Si](C)(C)C)c(C([2H])(C)C)c2[2H])cc([2H])c1[2H]. The first kappa shape index (κ1) is 8.00. The summed E-state index contributed by atoms with van der Waals surface area (Å²) < 4.78 is 48.8. The van der Waals surface area contributed by atoms with Crippen LogP contribution in [0.5, 0.6) is 0 Å². The lowest BCUT2D eigenvalue weighted by atomic mass is 10.0. The normalized spacial score (nSPS) is 16.9. The maximum absolute atomic E-state index is 8.64. The molecule has 0 saturated heterocycles. The molecular formula is C17H23NSi. The van der Waals surface area contributed by atoms with Gasteiger partial charge >= 0.3 is 0 Å². The summed E-state index contributed by atoms with van der Waals surface area (Å²) in [6.07, 6.45) is 0.0634. The van der Waals surface area contributed by atoms with E-state index in [0.717, 1.165) is 0 Å². The molecule has 0 aliphatic heterocycles. The molecule has 2 rings (SSSR count). The van der Waals surface area contributed by atoms with E-state index < -0.39 is 14.0 Å². The highest BCUT2D eigenvalue weighted by molar-refractivity contribution is 6.89. The fraction of sp³-hybridized carbons (Fsp3) is 0.353. The van der Waals surface area contributed by atoms with Crippen LogP contribution < -0.4 is 5.19 Å². The molecule has 100 valence electrons. The summed E-state index contributed by atoms with van der Waals surface area (Å²) in [5.41, 5.74) is 1.07. The highest BCUT2D eigenvalue weighted by atomic mass is 28.3. The lowest BCUT2D eigenvalue weighted by Gasteiger charge is -2.23. The van der Waals surface area contributed by atoms with Gasteiger partial charge < -0.3 is 0 Å². The van der Waals surface area contributed by atoms with Crippen LogP contribution in [0, 0.1) is 0 Å². The predicted octanol–water partition coefficient (Wildman–Crippen LogP) is 4.42. The van der Waals surface area contributed by atoms with E-state index in [0.29, 0.717) is 16.3 Å². The molecular weight excluding hydrogens is 246 g/mol. The van der Waals surface area contributed by atoms with Crippen LogP contribution in [0.25, 0.3) is 11.3 Å². The lowest BCUT2D eigenvalue weighted by Crippen LogP contribution is -2.40. The molecule has 0 unspecified atom stereocenters. The van der Waals surface area contributed by atoms with Crippen LogP contribution in [0.15, 0.2) is 42.5 Å². The summed E-state index contributed by atoms with van der Waals surface area (Å²) in [4.78, 5) is 4.30. The maximum atomic E-state index is 8.64. The van der Waals surface area contributed by atoms with E-state index in [1.807, 2.05) is 0 Å². The zero-order valence-electron chi connectivity index (χ0n) is 18.1. The molecule has 1 aromatic heterocycles. The summed E-state index contributed by atoms with van der Waals surface area (Å²) >= 11 is 0. The Kier molecular flexibility index (Phi) is 2.23. The van der Waals surface area contributed by atoms with Gasteiger partial charge in [-0.15, -0.1) is 0 Å². The van der Waals surface area contributed by atoms with Crippen molar-refractivity contribution in [1.29, 1.82) is 0 Å². The van der Waals surface area contributed by atoms with Gasteiger partial charge in [0, 0.05) is 13.1 Å². The van der Waals surface area contributed by atoms with E-state index in [1.54, 1.807) is 13.8 Å². The second kappa shape index (κ2) is 5.30. The summed E-state index contributed by atoms with van der Waals surface area (Å²) in [6.45, 7) is 9.59. The van der Waals surface area contributed by atoms with Gasteiger partial charge in [0.15, 0.2) is 0 Å². The first-order valence-corrected chi connectivity index (χ1v) is 9.85. The standard InChI is InChI=1S/C17H23NSi/c1-13(2)15-11-16(14-9-7-6-8-10-14)18-12-17(15)19(3,4)5/h6-13H,1-5H3/i6D,7D,8D,11D,12D,13D.